The van der Waals surface area contributed by atoms with Crippen molar-refractivity contribution in [2.45, 2.75) is 12.6 Å². The molecule has 0 amide bonds. The summed E-state index contributed by atoms with van der Waals surface area (Å²) in [6, 6.07) is 0.151. The number of thiazole rings is 1. The highest BCUT2D eigenvalue weighted by Gasteiger charge is 2.25. The highest BCUT2D eigenvalue weighted by molar-refractivity contribution is 7.09. The SMILES string of the molecule is COCc1nc(-c2nc(C3CNCCN3C)no2)cs1. The number of methoxy groups -OCH3 is 1. The predicted molar refractivity (Wildman–Crippen MR) is 74.4 cm³/mol. The van der Waals surface area contributed by atoms with Crippen LogP contribution in [0.25, 0.3) is 11.6 Å². The lowest BCUT2D eigenvalue weighted by atomic mass is 10.2. The highest BCUT2D eigenvalue weighted by atomic mass is 32.1. The van der Waals surface area contributed by atoms with Crippen molar-refractivity contribution < 1.29 is 9.26 Å². The molecule has 1 unspecified atom stereocenters. The Morgan fingerprint density at radius 1 is 1.55 bits per heavy atom. The van der Waals surface area contributed by atoms with Crippen molar-refractivity contribution >= 4 is 11.3 Å². The normalized spacial score (nSPS) is 20.4. The molecule has 0 saturated carbocycles. The second kappa shape index (κ2) is 5.96. The molecule has 8 heteroatoms. The van der Waals surface area contributed by atoms with E-state index in [1.165, 1.54) is 11.3 Å². The Balaban J connectivity index is 1.78. The molecule has 0 aliphatic carbocycles. The lowest BCUT2D eigenvalue weighted by Gasteiger charge is -2.30. The Kier molecular flexibility index (Phi) is 4.06. The summed E-state index contributed by atoms with van der Waals surface area (Å²) in [6.07, 6.45) is 0. The fraction of sp³-hybridized carbons (Fsp3) is 0.583. The van der Waals surface area contributed by atoms with Crippen LogP contribution in [0.1, 0.15) is 16.9 Å². The molecule has 1 fully saturated rings. The molecular formula is C12H17N5O2S. The Labute approximate surface area is 121 Å². The fourth-order valence-electron chi connectivity index (χ4n) is 2.17. The zero-order valence-electron chi connectivity index (χ0n) is 11.5. The van der Waals surface area contributed by atoms with Gasteiger partial charge >= 0.3 is 0 Å². The van der Waals surface area contributed by atoms with Gasteiger partial charge in [0.05, 0.1) is 12.6 Å². The predicted octanol–water partition coefficient (Wildman–Crippen LogP) is 0.916. The molecule has 2 aromatic rings. The molecule has 108 valence electrons. The van der Waals surface area contributed by atoms with Gasteiger partial charge in [0.1, 0.15) is 10.7 Å². The van der Waals surface area contributed by atoms with Crippen molar-refractivity contribution in [1.29, 1.82) is 0 Å². The van der Waals surface area contributed by atoms with Crippen LogP contribution in [0.5, 0.6) is 0 Å². The third-order valence-corrected chi connectivity index (χ3v) is 4.11. The van der Waals surface area contributed by atoms with Gasteiger partial charge in [-0.15, -0.1) is 11.3 Å². The lowest BCUT2D eigenvalue weighted by molar-refractivity contribution is 0.184. The Morgan fingerprint density at radius 2 is 2.45 bits per heavy atom. The van der Waals surface area contributed by atoms with Gasteiger partial charge in [0.2, 0.25) is 0 Å². The molecule has 1 aliphatic rings. The lowest BCUT2D eigenvalue weighted by Crippen LogP contribution is -2.44. The van der Waals surface area contributed by atoms with Gasteiger partial charge in [-0.1, -0.05) is 5.16 Å². The van der Waals surface area contributed by atoms with Crippen LogP contribution in [0.15, 0.2) is 9.90 Å². The third kappa shape index (κ3) is 2.73. The Hall–Kier alpha value is -1.35. The summed E-state index contributed by atoms with van der Waals surface area (Å²) in [5.41, 5.74) is 0.715. The summed E-state index contributed by atoms with van der Waals surface area (Å²) in [5.74, 6) is 1.17. The van der Waals surface area contributed by atoms with Crippen LogP contribution >= 0.6 is 11.3 Å². The number of nitrogens with one attached hydrogen (secondary N) is 1. The zero-order valence-corrected chi connectivity index (χ0v) is 12.3. The van der Waals surface area contributed by atoms with E-state index in [2.05, 4.69) is 32.4 Å². The quantitative estimate of drug-likeness (QED) is 0.898. The van der Waals surface area contributed by atoms with Crippen LogP contribution in [0.3, 0.4) is 0 Å². The first-order valence-electron chi connectivity index (χ1n) is 6.46. The molecule has 2 aromatic heterocycles. The standard InChI is InChI=1S/C12H17N5O2S/c1-17-4-3-13-5-9(17)11-15-12(19-16-11)8-7-20-10(14-8)6-18-2/h7,9,13H,3-6H2,1-2H3. The summed E-state index contributed by atoms with van der Waals surface area (Å²) in [5, 5.41) is 10.2. The molecule has 1 atom stereocenters. The van der Waals surface area contributed by atoms with E-state index in [9.17, 15) is 0 Å². The molecule has 1 N–H and O–H groups in total. The number of aromatic nitrogens is 3. The number of likely N-dealkylation sites (N-methyl/N-ethyl adjacent to an activating group) is 1. The van der Waals surface area contributed by atoms with E-state index in [-0.39, 0.29) is 6.04 Å². The smallest absolute Gasteiger partial charge is 0.277 e. The van der Waals surface area contributed by atoms with Crippen molar-refractivity contribution in [1.82, 2.24) is 25.3 Å². The maximum absolute atomic E-state index is 5.33. The second-order valence-electron chi connectivity index (χ2n) is 4.72. The van der Waals surface area contributed by atoms with Gasteiger partial charge in [-0.05, 0) is 7.05 Å². The van der Waals surface area contributed by atoms with Gasteiger partial charge in [-0.25, -0.2) is 4.98 Å². The molecule has 0 bridgehead atoms. The maximum Gasteiger partial charge on any atom is 0.277 e. The van der Waals surface area contributed by atoms with E-state index in [4.69, 9.17) is 9.26 Å². The van der Waals surface area contributed by atoms with E-state index in [0.717, 1.165) is 24.6 Å². The third-order valence-electron chi connectivity index (χ3n) is 3.29. The molecule has 3 rings (SSSR count). The van der Waals surface area contributed by atoms with Crippen LogP contribution in [-0.4, -0.2) is 53.8 Å². The van der Waals surface area contributed by atoms with Crippen molar-refractivity contribution in [3.05, 3.63) is 16.2 Å². The van der Waals surface area contributed by atoms with E-state index in [0.29, 0.717) is 24.0 Å². The number of hydrogen-bond acceptors (Lipinski definition) is 8. The fourth-order valence-corrected chi connectivity index (χ4v) is 2.91. The number of piperazine rings is 1. The van der Waals surface area contributed by atoms with Gasteiger partial charge < -0.3 is 14.6 Å². The molecule has 1 aliphatic heterocycles. The summed E-state index contributed by atoms with van der Waals surface area (Å²) in [6.45, 7) is 3.30. The average molecular weight is 295 g/mol. The average Bonchev–Trinajstić information content (AvgIpc) is 3.08. The van der Waals surface area contributed by atoms with E-state index >= 15 is 0 Å². The second-order valence-corrected chi connectivity index (χ2v) is 5.66. The van der Waals surface area contributed by atoms with Gasteiger partial charge in [-0.2, -0.15) is 4.98 Å². The van der Waals surface area contributed by atoms with Crippen molar-refractivity contribution in [3.63, 3.8) is 0 Å². The van der Waals surface area contributed by atoms with Crippen LogP contribution < -0.4 is 5.32 Å². The zero-order chi connectivity index (χ0) is 13.9. The summed E-state index contributed by atoms with van der Waals surface area (Å²) in [7, 11) is 3.72. The Bertz CT molecular complexity index is 570. The van der Waals surface area contributed by atoms with Crippen molar-refractivity contribution in [2.24, 2.45) is 0 Å². The molecule has 0 aromatic carbocycles. The monoisotopic (exact) mass is 295 g/mol. The first-order chi connectivity index (χ1) is 9.78. The number of ether oxygens (including phenoxy) is 1. The molecule has 1 saturated heterocycles. The minimum absolute atomic E-state index is 0.151. The first-order valence-corrected chi connectivity index (χ1v) is 7.34. The largest absolute Gasteiger partial charge is 0.378 e. The van der Waals surface area contributed by atoms with Gasteiger partial charge in [0, 0.05) is 32.1 Å². The van der Waals surface area contributed by atoms with Crippen LogP contribution in [0.2, 0.25) is 0 Å². The number of hydrogen-bond donors (Lipinski definition) is 1. The van der Waals surface area contributed by atoms with Gasteiger partial charge in [0.25, 0.3) is 5.89 Å². The topological polar surface area (TPSA) is 76.3 Å². The van der Waals surface area contributed by atoms with Gasteiger partial charge in [-0.3, -0.25) is 4.90 Å². The molecule has 7 nitrogen and oxygen atoms in total. The number of nitrogens with zero attached hydrogens (tertiary/aromatic N) is 4. The van der Waals surface area contributed by atoms with E-state index < -0.39 is 0 Å². The maximum atomic E-state index is 5.33. The van der Waals surface area contributed by atoms with Gasteiger partial charge in [0.15, 0.2) is 5.82 Å². The molecule has 20 heavy (non-hydrogen) atoms. The minimum atomic E-state index is 0.151. The molecule has 0 spiro atoms. The summed E-state index contributed by atoms with van der Waals surface area (Å²) < 4.78 is 10.4. The Morgan fingerprint density at radius 3 is 3.25 bits per heavy atom. The summed E-state index contributed by atoms with van der Waals surface area (Å²) in [4.78, 5) is 11.1. The first kappa shape index (κ1) is 13.6. The van der Waals surface area contributed by atoms with Crippen molar-refractivity contribution in [3.8, 4) is 11.6 Å². The molecule has 3 heterocycles. The van der Waals surface area contributed by atoms with E-state index in [1.807, 2.05) is 5.38 Å². The summed E-state index contributed by atoms with van der Waals surface area (Å²) >= 11 is 1.53. The van der Waals surface area contributed by atoms with Crippen LogP contribution in [0.4, 0.5) is 0 Å². The van der Waals surface area contributed by atoms with Crippen molar-refractivity contribution in [2.75, 3.05) is 33.8 Å². The molecular weight excluding hydrogens is 278 g/mol. The number of rotatable bonds is 4. The van der Waals surface area contributed by atoms with Crippen LogP contribution in [-0.2, 0) is 11.3 Å². The minimum Gasteiger partial charge on any atom is -0.378 e. The highest BCUT2D eigenvalue weighted by Crippen LogP contribution is 2.24. The van der Waals surface area contributed by atoms with Crippen LogP contribution in [0, 0.1) is 0 Å². The van der Waals surface area contributed by atoms with E-state index in [1.54, 1.807) is 7.11 Å². The molecule has 0 radical (unpaired) electrons.